The molecule has 1 unspecified atom stereocenters. The van der Waals surface area contributed by atoms with E-state index in [0.29, 0.717) is 37.5 Å². The van der Waals surface area contributed by atoms with Crippen LogP contribution in [-0.2, 0) is 16.0 Å². The first kappa shape index (κ1) is 22.5. The fourth-order valence-electron chi connectivity index (χ4n) is 3.46. The van der Waals surface area contributed by atoms with E-state index in [1.807, 2.05) is 29.2 Å². The molecule has 3 rings (SSSR count). The summed E-state index contributed by atoms with van der Waals surface area (Å²) in [7, 11) is 0. The molecule has 1 aromatic heterocycles. The van der Waals surface area contributed by atoms with Crippen molar-refractivity contribution in [3.05, 3.63) is 56.7 Å². The van der Waals surface area contributed by atoms with Gasteiger partial charge in [0.1, 0.15) is 6.04 Å². The van der Waals surface area contributed by atoms with Gasteiger partial charge in [0.15, 0.2) is 0 Å². The second-order valence-corrected chi connectivity index (χ2v) is 9.81. The Labute approximate surface area is 189 Å². The number of nitrogens with one attached hydrogen (secondary N) is 1. The maximum atomic E-state index is 12.7. The smallest absolute Gasteiger partial charge is 0.262 e. The van der Waals surface area contributed by atoms with Gasteiger partial charge in [-0.25, -0.2) is 0 Å². The molecular weight excluding hydrogens is 466 g/mol. The molecule has 0 spiro atoms. The molecule has 30 heavy (non-hydrogen) atoms. The molecular formula is C22H26BrN3O3S. The van der Waals surface area contributed by atoms with Crippen molar-refractivity contribution in [2.45, 2.75) is 32.2 Å². The standard InChI is InChI=1S/C22H26BrN3O3S/c1-16(24-21(28)18-10-11-19(23)30-18)22(29)26-14-12-25(13-15-26)20(27)9-5-8-17-6-3-2-4-7-17/h2-4,6-7,10-11,16H,5,8-9,12-15H2,1H3,(H,24,28). The van der Waals surface area contributed by atoms with E-state index in [2.05, 4.69) is 33.4 Å². The second kappa shape index (κ2) is 10.7. The van der Waals surface area contributed by atoms with Gasteiger partial charge in [-0.1, -0.05) is 30.3 Å². The Bertz CT molecular complexity index is 879. The molecule has 3 amide bonds. The molecule has 2 heterocycles. The first-order valence-corrected chi connectivity index (χ1v) is 11.7. The molecule has 8 heteroatoms. The molecule has 0 saturated carbocycles. The highest BCUT2D eigenvalue weighted by molar-refractivity contribution is 9.11. The SMILES string of the molecule is CC(NC(=O)c1ccc(Br)s1)C(=O)N1CCN(C(=O)CCCc2ccccc2)CC1. The lowest BCUT2D eigenvalue weighted by Gasteiger charge is -2.36. The Hall–Kier alpha value is -2.19. The quantitative estimate of drug-likeness (QED) is 0.645. The number of aryl methyl sites for hydroxylation is 1. The Balaban J connectivity index is 1.40. The van der Waals surface area contributed by atoms with E-state index in [0.717, 1.165) is 16.6 Å². The van der Waals surface area contributed by atoms with Crippen LogP contribution in [-0.4, -0.2) is 59.7 Å². The molecule has 1 N–H and O–H groups in total. The van der Waals surface area contributed by atoms with E-state index < -0.39 is 6.04 Å². The van der Waals surface area contributed by atoms with Crippen molar-refractivity contribution in [1.82, 2.24) is 15.1 Å². The maximum Gasteiger partial charge on any atom is 0.262 e. The third-order valence-electron chi connectivity index (χ3n) is 5.16. The lowest BCUT2D eigenvalue weighted by atomic mass is 10.1. The molecule has 1 saturated heterocycles. The number of piperazine rings is 1. The summed E-state index contributed by atoms with van der Waals surface area (Å²) in [5, 5.41) is 2.76. The number of carbonyl (C=O) groups excluding carboxylic acids is 3. The number of benzene rings is 1. The average Bonchev–Trinajstić information content (AvgIpc) is 3.20. The second-order valence-electron chi connectivity index (χ2n) is 7.34. The predicted molar refractivity (Wildman–Crippen MR) is 121 cm³/mol. The van der Waals surface area contributed by atoms with Crippen LogP contribution in [0.1, 0.15) is 35.0 Å². The lowest BCUT2D eigenvalue weighted by molar-refractivity contribution is -0.140. The van der Waals surface area contributed by atoms with Crippen LogP contribution in [0.5, 0.6) is 0 Å². The van der Waals surface area contributed by atoms with Crippen molar-refractivity contribution in [3.8, 4) is 0 Å². The average molecular weight is 492 g/mol. The van der Waals surface area contributed by atoms with Crippen LogP contribution >= 0.6 is 27.3 Å². The Morgan fingerprint density at radius 2 is 1.70 bits per heavy atom. The van der Waals surface area contributed by atoms with Gasteiger partial charge >= 0.3 is 0 Å². The number of carbonyl (C=O) groups is 3. The highest BCUT2D eigenvalue weighted by atomic mass is 79.9. The molecule has 1 fully saturated rings. The van der Waals surface area contributed by atoms with Gasteiger partial charge in [-0.05, 0) is 53.4 Å². The minimum absolute atomic E-state index is 0.116. The molecule has 2 aromatic rings. The van der Waals surface area contributed by atoms with Gasteiger partial charge in [0.2, 0.25) is 11.8 Å². The Morgan fingerprint density at radius 1 is 1.03 bits per heavy atom. The van der Waals surface area contributed by atoms with Gasteiger partial charge in [-0.3, -0.25) is 14.4 Å². The van der Waals surface area contributed by atoms with Crippen LogP contribution in [0.15, 0.2) is 46.3 Å². The zero-order chi connectivity index (χ0) is 21.5. The van der Waals surface area contributed by atoms with Gasteiger partial charge in [-0.15, -0.1) is 11.3 Å². The highest BCUT2D eigenvalue weighted by Crippen LogP contribution is 2.22. The van der Waals surface area contributed by atoms with Gasteiger partial charge in [0, 0.05) is 32.6 Å². The minimum atomic E-state index is -0.605. The van der Waals surface area contributed by atoms with Gasteiger partial charge < -0.3 is 15.1 Å². The molecule has 0 radical (unpaired) electrons. The van der Waals surface area contributed by atoms with Crippen molar-refractivity contribution in [3.63, 3.8) is 0 Å². The topological polar surface area (TPSA) is 69.7 Å². The van der Waals surface area contributed by atoms with E-state index in [9.17, 15) is 14.4 Å². The third-order valence-corrected chi connectivity index (χ3v) is 6.78. The van der Waals surface area contributed by atoms with Crippen molar-refractivity contribution in [2.75, 3.05) is 26.2 Å². The van der Waals surface area contributed by atoms with E-state index in [-0.39, 0.29) is 17.7 Å². The maximum absolute atomic E-state index is 12.7. The molecule has 1 aromatic carbocycles. The summed E-state index contributed by atoms with van der Waals surface area (Å²) in [5.74, 6) is -0.225. The fourth-order valence-corrected chi connectivity index (χ4v) is 4.75. The van der Waals surface area contributed by atoms with Crippen LogP contribution in [0.3, 0.4) is 0 Å². The molecule has 160 valence electrons. The summed E-state index contributed by atoms with van der Waals surface area (Å²) < 4.78 is 0.871. The fraction of sp³-hybridized carbons (Fsp3) is 0.409. The molecule has 0 aliphatic carbocycles. The first-order valence-electron chi connectivity index (χ1n) is 10.1. The summed E-state index contributed by atoms with van der Waals surface area (Å²) in [6, 6.07) is 13.1. The molecule has 1 aliphatic rings. The molecule has 0 bridgehead atoms. The van der Waals surface area contributed by atoms with Crippen molar-refractivity contribution >= 4 is 45.0 Å². The number of amides is 3. The summed E-state index contributed by atoms with van der Waals surface area (Å²) >= 11 is 4.66. The summed E-state index contributed by atoms with van der Waals surface area (Å²) in [6.07, 6.45) is 2.23. The van der Waals surface area contributed by atoms with E-state index in [1.165, 1.54) is 16.9 Å². The molecule has 6 nitrogen and oxygen atoms in total. The highest BCUT2D eigenvalue weighted by Gasteiger charge is 2.27. The van der Waals surface area contributed by atoms with E-state index in [4.69, 9.17) is 0 Å². The van der Waals surface area contributed by atoms with Crippen molar-refractivity contribution in [1.29, 1.82) is 0 Å². The molecule has 1 aliphatic heterocycles. The zero-order valence-corrected chi connectivity index (χ0v) is 19.4. The number of hydrogen-bond donors (Lipinski definition) is 1. The van der Waals surface area contributed by atoms with Crippen LogP contribution < -0.4 is 5.32 Å². The summed E-state index contributed by atoms with van der Waals surface area (Å²) in [6.45, 7) is 3.76. The number of hydrogen-bond acceptors (Lipinski definition) is 4. The number of thiophene rings is 1. The summed E-state index contributed by atoms with van der Waals surface area (Å²) in [5.41, 5.74) is 1.24. The van der Waals surface area contributed by atoms with Crippen LogP contribution in [0.2, 0.25) is 0 Å². The van der Waals surface area contributed by atoms with Crippen LogP contribution in [0.4, 0.5) is 0 Å². The molecule has 1 atom stereocenters. The number of nitrogens with zero attached hydrogens (tertiary/aromatic N) is 2. The minimum Gasteiger partial charge on any atom is -0.340 e. The van der Waals surface area contributed by atoms with Gasteiger partial charge in [0.05, 0.1) is 8.66 Å². The first-order chi connectivity index (χ1) is 14.4. The van der Waals surface area contributed by atoms with Gasteiger partial charge in [-0.2, -0.15) is 0 Å². The zero-order valence-electron chi connectivity index (χ0n) is 17.0. The van der Waals surface area contributed by atoms with E-state index >= 15 is 0 Å². The Morgan fingerprint density at radius 3 is 2.33 bits per heavy atom. The number of halogens is 1. The van der Waals surface area contributed by atoms with Crippen LogP contribution in [0, 0.1) is 0 Å². The van der Waals surface area contributed by atoms with Crippen molar-refractivity contribution < 1.29 is 14.4 Å². The van der Waals surface area contributed by atoms with Crippen LogP contribution in [0.25, 0.3) is 0 Å². The van der Waals surface area contributed by atoms with E-state index in [1.54, 1.807) is 17.9 Å². The Kier molecular flexibility index (Phi) is 8.04. The normalized spacial score (nSPS) is 15.0. The monoisotopic (exact) mass is 491 g/mol. The third kappa shape index (κ3) is 6.15. The largest absolute Gasteiger partial charge is 0.340 e. The van der Waals surface area contributed by atoms with Gasteiger partial charge in [0.25, 0.3) is 5.91 Å². The lowest BCUT2D eigenvalue weighted by Crippen LogP contribution is -2.55. The summed E-state index contributed by atoms with van der Waals surface area (Å²) in [4.78, 5) is 41.5. The predicted octanol–water partition coefficient (Wildman–Crippen LogP) is 3.32. The number of rotatable bonds is 7. The van der Waals surface area contributed by atoms with Crippen molar-refractivity contribution in [2.24, 2.45) is 0 Å².